The van der Waals surface area contributed by atoms with Gasteiger partial charge < -0.3 is 5.21 Å². The molecule has 0 spiro atoms. The Morgan fingerprint density at radius 3 is 2.80 bits per heavy atom. The normalized spacial score (nSPS) is 29.9. The summed E-state index contributed by atoms with van der Waals surface area (Å²) in [5, 5.41) is 11.3. The summed E-state index contributed by atoms with van der Waals surface area (Å²) >= 11 is 0. The monoisotopic (exact) mass is 141 g/mol. The fourth-order valence-corrected chi connectivity index (χ4v) is 1.29. The fraction of sp³-hybridized carbons (Fsp3) is 0.714. The van der Waals surface area contributed by atoms with Crippen LogP contribution in [0.15, 0.2) is 5.16 Å². The zero-order valence-electron chi connectivity index (χ0n) is 6.00. The minimum absolute atomic E-state index is 0.0324. The molecule has 0 aromatic heterocycles. The molecule has 1 aliphatic rings. The van der Waals surface area contributed by atoms with Gasteiger partial charge in [0.1, 0.15) is 5.71 Å². The molecule has 0 aromatic rings. The van der Waals surface area contributed by atoms with Crippen LogP contribution < -0.4 is 0 Å². The van der Waals surface area contributed by atoms with Crippen molar-refractivity contribution in [2.45, 2.75) is 26.2 Å². The summed E-state index contributed by atoms with van der Waals surface area (Å²) < 4.78 is 0. The van der Waals surface area contributed by atoms with Crippen LogP contribution in [-0.4, -0.2) is 16.7 Å². The molecule has 0 heterocycles. The first-order chi connectivity index (χ1) is 4.79. The average Bonchev–Trinajstić information content (AvgIpc) is 2.30. The average molecular weight is 141 g/mol. The van der Waals surface area contributed by atoms with Crippen LogP contribution in [0, 0.1) is 5.92 Å². The first-order valence-electron chi connectivity index (χ1n) is 3.54. The van der Waals surface area contributed by atoms with E-state index in [-0.39, 0.29) is 11.7 Å². The summed E-state index contributed by atoms with van der Waals surface area (Å²) in [6.45, 7) is 1.98. The van der Waals surface area contributed by atoms with Crippen LogP contribution in [0.5, 0.6) is 0 Å². The van der Waals surface area contributed by atoms with Crippen LogP contribution in [0.25, 0.3) is 0 Å². The lowest BCUT2D eigenvalue weighted by Crippen LogP contribution is -2.12. The molecule has 1 atom stereocenters. The maximum Gasteiger partial charge on any atom is 0.183 e. The molecule has 0 amide bonds. The SMILES string of the molecule is CCC1CCC(=NO)C1=O. The van der Waals surface area contributed by atoms with E-state index < -0.39 is 0 Å². The molecule has 0 radical (unpaired) electrons. The lowest BCUT2D eigenvalue weighted by Gasteiger charge is -1.98. The van der Waals surface area contributed by atoms with Crippen molar-refractivity contribution in [3.63, 3.8) is 0 Å². The van der Waals surface area contributed by atoms with Crippen molar-refractivity contribution in [3.8, 4) is 0 Å². The lowest BCUT2D eigenvalue weighted by molar-refractivity contribution is -0.115. The van der Waals surface area contributed by atoms with Gasteiger partial charge >= 0.3 is 0 Å². The molecular weight excluding hydrogens is 130 g/mol. The Balaban J connectivity index is 2.67. The van der Waals surface area contributed by atoms with Gasteiger partial charge in [0.25, 0.3) is 0 Å². The number of Topliss-reactive ketones (excluding diaryl/α,β-unsaturated/α-hetero) is 1. The van der Waals surface area contributed by atoms with Crippen LogP contribution in [-0.2, 0) is 4.79 Å². The number of oxime groups is 1. The smallest absolute Gasteiger partial charge is 0.183 e. The predicted octanol–water partition coefficient (Wildman–Crippen LogP) is 1.21. The summed E-state index contributed by atoms with van der Waals surface area (Å²) in [6, 6.07) is 0. The molecule has 1 aliphatic carbocycles. The molecule has 1 saturated carbocycles. The Labute approximate surface area is 59.7 Å². The zero-order valence-corrected chi connectivity index (χ0v) is 6.00. The van der Waals surface area contributed by atoms with Crippen molar-refractivity contribution in [1.82, 2.24) is 0 Å². The van der Waals surface area contributed by atoms with E-state index in [4.69, 9.17) is 5.21 Å². The van der Waals surface area contributed by atoms with E-state index in [2.05, 4.69) is 5.16 Å². The second-order valence-corrected chi connectivity index (χ2v) is 2.55. The van der Waals surface area contributed by atoms with Crippen molar-refractivity contribution >= 4 is 11.5 Å². The van der Waals surface area contributed by atoms with E-state index in [1.54, 1.807) is 0 Å². The van der Waals surface area contributed by atoms with Crippen molar-refractivity contribution in [2.24, 2.45) is 11.1 Å². The number of hydrogen-bond donors (Lipinski definition) is 1. The summed E-state index contributed by atoms with van der Waals surface area (Å²) in [5.74, 6) is 0.149. The second kappa shape index (κ2) is 2.82. The van der Waals surface area contributed by atoms with E-state index in [9.17, 15) is 4.79 Å². The van der Waals surface area contributed by atoms with Crippen molar-refractivity contribution in [2.75, 3.05) is 0 Å². The van der Waals surface area contributed by atoms with Crippen LogP contribution in [0.3, 0.4) is 0 Å². The third-order valence-electron chi connectivity index (χ3n) is 2.00. The highest BCUT2D eigenvalue weighted by Crippen LogP contribution is 2.21. The highest BCUT2D eigenvalue weighted by Gasteiger charge is 2.29. The van der Waals surface area contributed by atoms with E-state index in [0.717, 1.165) is 12.8 Å². The molecular formula is C7H11NO2. The number of carbonyl (C=O) groups is 1. The van der Waals surface area contributed by atoms with Gasteiger partial charge in [-0.25, -0.2) is 0 Å². The quantitative estimate of drug-likeness (QED) is 0.440. The van der Waals surface area contributed by atoms with E-state index >= 15 is 0 Å². The Bertz CT molecular complexity index is 174. The van der Waals surface area contributed by atoms with Crippen molar-refractivity contribution < 1.29 is 10.0 Å². The highest BCUT2D eigenvalue weighted by atomic mass is 16.4. The van der Waals surface area contributed by atoms with E-state index in [1.165, 1.54) is 0 Å². The molecule has 1 unspecified atom stereocenters. The molecule has 0 aromatic carbocycles. The molecule has 3 nitrogen and oxygen atoms in total. The predicted molar refractivity (Wildman–Crippen MR) is 37.2 cm³/mol. The van der Waals surface area contributed by atoms with Gasteiger partial charge in [0.15, 0.2) is 5.78 Å². The second-order valence-electron chi connectivity index (χ2n) is 2.55. The summed E-state index contributed by atoms with van der Waals surface area (Å²) in [4.78, 5) is 11.1. The van der Waals surface area contributed by atoms with Crippen molar-refractivity contribution in [1.29, 1.82) is 0 Å². The molecule has 3 heteroatoms. The first kappa shape index (κ1) is 7.25. The minimum Gasteiger partial charge on any atom is -0.411 e. The zero-order chi connectivity index (χ0) is 7.56. The van der Waals surface area contributed by atoms with Crippen LogP contribution >= 0.6 is 0 Å². The first-order valence-corrected chi connectivity index (χ1v) is 3.54. The van der Waals surface area contributed by atoms with E-state index in [0.29, 0.717) is 12.1 Å². The molecule has 1 fully saturated rings. The van der Waals surface area contributed by atoms with Crippen LogP contribution in [0.4, 0.5) is 0 Å². The number of ketones is 1. The summed E-state index contributed by atoms with van der Waals surface area (Å²) in [5.41, 5.74) is 0.354. The van der Waals surface area contributed by atoms with Gasteiger partial charge in [-0.05, 0) is 19.3 Å². The third-order valence-corrected chi connectivity index (χ3v) is 2.00. The lowest BCUT2D eigenvalue weighted by atomic mass is 10.0. The molecule has 1 rings (SSSR count). The third kappa shape index (κ3) is 1.03. The largest absolute Gasteiger partial charge is 0.411 e. The number of nitrogens with zero attached hydrogens (tertiary/aromatic N) is 1. The Hall–Kier alpha value is -0.860. The van der Waals surface area contributed by atoms with Gasteiger partial charge in [0.05, 0.1) is 0 Å². The summed E-state index contributed by atoms with van der Waals surface area (Å²) in [7, 11) is 0. The van der Waals surface area contributed by atoms with Gasteiger partial charge in [-0.15, -0.1) is 0 Å². The molecule has 0 aliphatic heterocycles. The van der Waals surface area contributed by atoms with Gasteiger partial charge in [0, 0.05) is 5.92 Å². The number of carbonyl (C=O) groups excluding carboxylic acids is 1. The maximum absolute atomic E-state index is 11.1. The standard InChI is InChI=1S/C7H11NO2/c1-2-5-3-4-6(8-10)7(5)9/h5,10H,2-4H2,1H3. The Morgan fingerprint density at radius 1 is 1.80 bits per heavy atom. The van der Waals surface area contributed by atoms with Gasteiger partial charge in [-0.1, -0.05) is 12.1 Å². The van der Waals surface area contributed by atoms with Gasteiger partial charge in [-0.3, -0.25) is 4.79 Å². The molecule has 10 heavy (non-hydrogen) atoms. The van der Waals surface area contributed by atoms with Crippen LogP contribution in [0.2, 0.25) is 0 Å². The highest BCUT2D eigenvalue weighted by molar-refractivity contribution is 6.42. The number of rotatable bonds is 1. The minimum atomic E-state index is 0.0324. The van der Waals surface area contributed by atoms with Crippen LogP contribution in [0.1, 0.15) is 26.2 Å². The Kier molecular flexibility index (Phi) is 2.04. The Morgan fingerprint density at radius 2 is 2.50 bits per heavy atom. The molecule has 0 saturated heterocycles. The summed E-state index contributed by atoms with van der Waals surface area (Å²) in [6.07, 6.45) is 2.36. The van der Waals surface area contributed by atoms with Crippen molar-refractivity contribution in [3.05, 3.63) is 0 Å². The van der Waals surface area contributed by atoms with E-state index in [1.807, 2.05) is 6.92 Å². The fourth-order valence-electron chi connectivity index (χ4n) is 1.29. The molecule has 0 bridgehead atoms. The van der Waals surface area contributed by atoms with Gasteiger partial charge in [0.2, 0.25) is 0 Å². The topological polar surface area (TPSA) is 49.7 Å². The maximum atomic E-state index is 11.1. The molecule has 56 valence electrons. The number of hydrogen-bond acceptors (Lipinski definition) is 3. The molecule has 1 N–H and O–H groups in total. The van der Waals surface area contributed by atoms with Gasteiger partial charge in [-0.2, -0.15) is 0 Å².